The van der Waals surface area contributed by atoms with Crippen molar-refractivity contribution in [3.63, 3.8) is 0 Å². The number of nitrogens with zero attached hydrogens (tertiary/aromatic N) is 2. The first-order valence-corrected chi connectivity index (χ1v) is 8.20. The summed E-state index contributed by atoms with van der Waals surface area (Å²) in [5.74, 6) is 0.544. The Hall–Kier alpha value is -2.08. The molecule has 6 heteroatoms. The topological polar surface area (TPSA) is 59.1 Å². The van der Waals surface area contributed by atoms with Gasteiger partial charge in [-0.3, -0.25) is 9.59 Å². The molecule has 24 heavy (non-hydrogen) atoms. The minimum absolute atomic E-state index is 0.0393. The first-order valence-electron chi connectivity index (χ1n) is 8.20. The summed E-state index contributed by atoms with van der Waals surface area (Å²) in [5.41, 5.74) is 0. The second-order valence-corrected chi connectivity index (χ2v) is 5.78. The normalized spacial score (nSPS) is 10.5. The molecule has 0 aromatic heterocycles. The van der Waals surface area contributed by atoms with E-state index in [9.17, 15) is 9.59 Å². The number of para-hydroxylation sites is 1. The van der Waals surface area contributed by atoms with Crippen LogP contribution in [0.5, 0.6) is 5.75 Å². The van der Waals surface area contributed by atoms with E-state index in [-0.39, 0.29) is 18.3 Å². The van der Waals surface area contributed by atoms with Crippen LogP contribution in [0.25, 0.3) is 0 Å². The number of carbonyl (C=O) groups excluding carboxylic acids is 2. The van der Waals surface area contributed by atoms with Gasteiger partial charge in [-0.1, -0.05) is 18.2 Å². The highest BCUT2D eigenvalue weighted by Crippen LogP contribution is 2.09. The third kappa shape index (κ3) is 8.53. The molecule has 6 nitrogen and oxygen atoms in total. The minimum atomic E-state index is -0.301. The van der Waals surface area contributed by atoms with Gasteiger partial charge < -0.3 is 19.3 Å². The summed E-state index contributed by atoms with van der Waals surface area (Å²) in [4.78, 5) is 27.4. The molecule has 0 bridgehead atoms. The maximum absolute atomic E-state index is 12.4. The number of ether oxygens (including phenoxy) is 2. The van der Waals surface area contributed by atoms with Gasteiger partial charge in [-0.25, -0.2) is 0 Å². The Morgan fingerprint density at radius 3 is 2.33 bits per heavy atom. The Morgan fingerprint density at radius 2 is 1.71 bits per heavy atom. The smallest absolute Gasteiger partial charge is 0.307 e. The lowest BCUT2D eigenvalue weighted by Gasteiger charge is -2.24. The summed E-state index contributed by atoms with van der Waals surface area (Å²) in [5, 5.41) is 0. The molecule has 0 unspecified atom stereocenters. The van der Waals surface area contributed by atoms with Crippen LogP contribution in [-0.2, 0) is 14.3 Å². The minimum Gasteiger partial charge on any atom is -0.494 e. The fourth-order valence-electron chi connectivity index (χ4n) is 2.10. The number of likely N-dealkylation sites (N-methyl/N-ethyl adjacent to an activating group) is 1. The van der Waals surface area contributed by atoms with Crippen molar-refractivity contribution in [1.82, 2.24) is 9.80 Å². The van der Waals surface area contributed by atoms with Crippen LogP contribution in [0.1, 0.15) is 19.3 Å². The van der Waals surface area contributed by atoms with Crippen LogP contribution < -0.4 is 4.74 Å². The summed E-state index contributed by atoms with van der Waals surface area (Å²) in [6, 6.07) is 9.54. The van der Waals surface area contributed by atoms with E-state index in [2.05, 4.69) is 4.74 Å². The predicted octanol–water partition coefficient (Wildman–Crippen LogP) is 1.80. The number of carbonyl (C=O) groups is 2. The lowest BCUT2D eigenvalue weighted by Crippen LogP contribution is -2.38. The maximum atomic E-state index is 12.4. The Labute approximate surface area is 144 Å². The van der Waals surface area contributed by atoms with E-state index in [4.69, 9.17) is 4.74 Å². The highest BCUT2D eigenvalue weighted by atomic mass is 16.5. The van der Waals surface area contributed by atoms with Gasteiger partial charge in [0.2, 0.25) is 5.91 Å². The number of rotatable bonds is 11. The monoisotopic (exact) mass is 336 g/mol. The number of hydrogen-bond donors (Lipinski definition) is 0. The number of amides is 1. The van der Waals surface area contributed by atoms with Gasteiger partial charge in [0, 0.05) is 26.1 Å². The summed E-state index contributed by atoms with van der Waals surface area (Å²) in [6.07, 6.45) is 1.27. The molecule has 0 saturated heterocycles. The lowest BCUT2D eigenvalue weighted by atomic mass is 10.2. The fraction of sp³-hybridized carbons (Fsp3) is 0.556. The SMILES string of the molecule is COC(=O)CCN(CCN(C)C)C(=O)CCCOc1ccccc1. The van der Waals surface area contributed by atoms with Crippen LogP contribution in [0.15, 0.2) is 30.3 Å². The van der Waals surface area contributed by atoms with Crippen molar-refractivity contribution >= 4 is 11.9 Å². The molecule has 1 rings (SSSR count). The van der Waals surface area contributed by atoms with Gasteiger partial charge in [-0.2, -0.15) is 0 Å². The summed E-state index contributed by atoms with van der Waals surface area (Å²) in [6.45, 7) is 2.24. The zero-order chi connectivity index (χ0) is 17.8. The van der Waals surface area contributed by atoms with E-state index in [1.807, 2.05) is 49.3 Å². The van der Waals surface area contributed by atoms with Gasteiger partial charge in [-0.05, 0) is 32.6 Å². The molecule has 0 atom stereocenters. The lowest BCUT2D eigenvalue weighted by molar-refractivity contribution is -0.141. The largest absolute Gasteiger partial charge is 0.494 e. The molecule has 0 spiro atoms. The number of hydrogen-bond acceptors (Lipinski definition) is 5. The van der Waals surface area contributed by atoms with Crippen molar-refractivity contribution < 1.29 is 19.1 Å². The van der Waals surface area contributed by atoms with Gasteiger partial charge >= 0.3 is 5.97 Å². The molecule has 1 aromatic rings. The van der Waals surface area contributed by atoms with Crippen molar-refractivity contribution in [2.75, 3.05) is 47.4 Å². The van der Waals surface area contributed by atoms with Gasteiger partial charge in [-0.15, -0.1) is 0 Å². The molecular weight excluding hydrogens is 308 g/mol. The van der Waals surface area contributed by atoms with E-state index in [1.54, 1.807) is 4.90 Å². The van der Waals surface area contributed by atoms with Crippen LogP contribution in [-0.4, -0.2) is 69.1 Å². The van der Waals surface area contributed by atoms with Crippen LogP contribution >= 0.6 is 0 Å². The second kappa shape index (κ2) is 11.5. The highest BCUT2D eigenvalue weighted by molar-refractivity contribution is 5.77. The number of methoxy groups -OCH3 is 1. The van der Waals surface area contributed by atoms with E-state index in [1.165, 1.54) is 7.11 Å². The van der Waals surface area contributed by atoms with Crippen molar-refractivity contribution in [1.29, 1.82) is 0 Å². The second-order valence-electron chi connectivity index (χ2n) is 5.78. The van der Waals surface area contributed by atoms with Crippen LogP contribution in [0.3, 0.4) is 0 Å². The zero-order valence-electron chi connectivity index (χ0n) is 14.9. The van der Waals surface area contributed by atoms with Crippen molar-refractivity contribution in [2.45, 2.75) is 19.3 Å². The standard InChI is InChI=1S/C18H28N2O4/c1-19(2)13-14-20(12-11-18(22)23-3)17(21)10-7-15-24-16-8-5-4-6-9-16/h4-6,8-9H,7,10-15H2,1-3H3. The molecule has 0 heterocycles. The average molecular weight is 336 g/mol. The molecule has 0 aliphatic carbocycles. The molecule has 0 saturated carbocycles. The quantitative estimate of drug-likeness (QED) is 0.455. The zero-order valence-corrected chi connectivity index (χ0v) is 14.9. The van der Waals surface area contributed by atoms with Gasteiger partial charge in [0.1, 0.15) is 5.75 Å². The Balaban J connectivity index is 2.37. The summed E-state index contributed by atoms with van der Waals surface area (Å²) < 4.78 is 10.2. The Bertz CT molecular complexity index is 491. The predicted molar refractivity (Wildman–Crippen MR) is 92.9 cm³/mol. The molecule has 1 aromatic carbocycles. The van der Waals surface area contributed by atoms with Crippen molar-refractivity contribution in [2.24, 2.45) is 0 Å². The third-order valence-electron chi connectivity index (χ3n) is 3.53. The molecule has 0 N–H and O–H groups in total. The highest BCUT2D eigenvalue weighted by Gasteiger charge is 2.15. The molecular formula is C18H28N2O4. The summed E-state index contributed by atoms with van der Waals surface area (Å²) >= 11 is 0. The number of benzene rings is 1. The Kier molecular flexibility index (Phi) is 9.53. The molecule has 0 aliphatic rings. The molecule has 0 radical (unpaired) electrons. The van der Waals surface area contributed by atoms with Crippen molar-refractivity contribution in [3.8, 4) is 5.75 Å². The van der Waals surface area contributed by atoms with Crippen LogP contribution in [0, 0.1) is 0 Å². The van der Waals surface area contributed by atoms with E-state index < -0.39 is 0 Å². The van der Waals surface area contributed by atoms with Crippen LogP contribution in [0.2, 0.25) is 0 Å². The molecule has 0 aliphatic heterocycles. The van der Waals surface area contributed by atoms with Gasteiger partial charge in [0.25, 0.3) is 0 Å². The molecule has 0 fully saturated rings. The van der Waals surface area contributed by atoms with Crippen molar-refractivity contribution in [3.05, 3.63) is 30.3 Å². The maximum Gasteiger partial charge on any atom is 0.307 e. The first kappa shape index (κ1) is 20.0. The Morgan fingerprint density at radius 1 is 1.00 bits per heavy atom. The van der Waals surface area contributed by atoms with Gasteiger partial charge in [0.05, 0.1) is 20.1 Å². The van der Waals surface area contributed by atoms with E-state index in [0.717, 1.165) is 12.3 Å². The summed E-state index contributed by atoms with van der Waals surface area (Å²) in [7, 11) is 5.27. The van der Waals surface area contributed by atoms with Crippen LogP contribution in [0.4, 0.5) is 0 Å². The van der Waals surface area contributed by atoms with Gasteiger partial charge in [0.15, 0.2) is 0 Å². The third-order valence-corrected chi connectivity index (χ3v) is 3.53. The fourth-order valence-corrected chi connectivity index (χ4v) is 2.10. The van der Waals surface area contributed by atoms with E-state index in [0.29, 0.717) is 32.5 Å². The number of esters is 1. The molecule has 134 valence electrons. The van der Waals surface area contributed by atoms with E-state index >= 15 is 0 Å². The molecule has 1 amide bonds. The first-order chi connectivity index (χ1) is 11.5. The average Bonchev–Trinajstić information content (AvgIpc) is 2.58.